The molecule has 166 valence electrons. The van der Waals surface area contributed by atoms with Crippen LogP contribution in [-0.4, -0.2) is 48.5 Å². The highest BCUT2D eigenvalue weighted by atomic mass is 16.5. The van der Waals surface area contributed by atoms with E-state index in [0.717, 1.165) is 29.7 Å². The van der Waals surface area contributed by atoms with Crippen molar-refractivity contribution in [3.63, 3.8) is 0 Å². The van der Waals surface area contributed by atoms with Crippen molar-refractivity contribution in [2.45, 2.75) is 26.2 Å². The zero-order valence-corrected chi connectivity index (χ0v) is 18.4. The van der Waals surface area contributed by atoms with Gasteiger partial charge in [-0.1, -0.05) is 12.1 Å². The second kappa shape index (κ2) is 8.74. The Morgan fingerprint density at radius 1 is 1.19 bits per heavy atom. The Morgan fingerprint density at radius 3 is 2.59 bits per heavy atom. The molecule has 2 aliphatic heterocycles. The maximum atomic E-state index is 12.5. The third-order valence-corrected chi connectivity index (χ3v) is 5.69. The summed E-state index contributed by atoms with van der Waals surface area (Å²) in [5.74, 6) is 0.442. The van der Waals surface area contributed by atoms with E-state index >= 15 is 0 Å². The molecular formula is C24H26N4O4. The SMILES string of the molecule is CNC(=O)N1N=C(c2ccc(N3CCCCC3=O)cc2)c2cc(O)c(OC)cc2C=C1C. The van der Waals surface area contributed by atoms with E-state index in [2.05, 4.69) is 10.4 Å². The van der Waals surface area contributed by atoms with E-state index < -0.39 is 0 Å². The highest BCUT2D eigenvalue weighted by molar-refractivity contribution is 6.16. The summed E-state index contributed by atoms with van der Waals surface area (Å²) in [6.07, 6.45) is 4.30. The monoisotopic (exact) mass is 434 g/mol. The molecule has 1 fully saturated rings. The molecule has 8 nitrogen and oxygen atoms in total. The van der Waals surface area contributed by atoms with E-state index in [4.69, 9.17) is 4.74 Å². The first kappa shape index (κ1) is 21.4. The number of carbonyl (C=O) groups excluding carboxylic acids is 2. The van der Waals surface area contributed by atoms with Crippen LogP contribution in [0.25, 0.3) is 6.08 Å². The van der Waals surface area contributed by atoms with Crippen molar-refractivity contribution in [3.8, 4) is 11.5 Å². The van der Waals surface area contributed by atoms with Gasteiger partial charge in [-0.15, -0.1) is 0 Å². The minimum atomic E-state index is -0.379. The lowest BCUT2D eigenvalue weighted by Gasteiger charge is -2.27. The van der Waals surface area contributed by atoms with Crippen LogP contribution in [0.3, 0.4) is 0 Å². The first-order chi connectivity index (χ1) is 15.4. The number of hydrogen-bond donors (Lipinski definition) is 2. The van der Waals surface area contributed by atoms with Gasteiger partial charge < -0.3 is 20.1 Å². The fraction of sp³-hybridized carbons (Fsp3) is 0.292. The summed E-state index contributed by atoms with van der Waals surface area (Å²) in [5, 5.41) is 18.9. The second-order valence-electron chi connectivity index (χ2n) is 7.76. The lowest BCUT2D eigenvalue weighted by Crippen LogP contribution is -2.35. The molecule has 2 aliphatic rings. The molecule has 0 aromatic heterocycles. The number of allylic oxidation sites excluding steroid dienone is 1. The van der Waals surface area contributed by atoms with Gasteiger partial charge in [0.15, 0.2) is 11.5 Å². The smallest absolute Gasteiger partial charge is 0.342 e. The molecule has 2 aromatic rings. The molecule has 0 unspecified atom stereocenters. The van der Waals surface area contributed by atoms with Gasteiger partial charge in [-0.25, -0.2) is 4.79 Å². The van der Waals surface area contributed by atoms with Gasteiger partial charge in [0.1, 0.15) is 0 Å². The van der Waals surface area contributed by atoms with Crippen LogP contribution in [0, 0.1) is 0 Å². The fourth-order valence-electron chi connectivity index (χ4n) is 3.99. The van der Waals surface area contributed by atoms with Crippen molar-refractivity contribution in [2.75, 3.05) is 25.6 Å². The van der Waals surface area contributed by atoms with E-state index in [1.807, 2.05) is 30.3 Å². The van der Waals surface area contributed by atoms with Crippen LogP contribution in [-0.2, 0) is 4.79 Å². The van der Waals surface area contributed by atoms with E-state index in [1.54, 1.807) is 31.0 Å². The van der Waals surface area contributed by atoms with E-state index in [9.17, 15) is 14.7 Å². The number of ether oxygens (including phenoxy) is 1. The maximum absolute atomic E-state index is 12.5. The number of nitrogens with one attached hydrogen (secondary N) is 1. The summed E-state index contributed by atoms with van der Waals surface area (Å²) in [4.78, 5) is 26.6. The predicted molar refractivity (Wildman–Crippen MR) is 123 cm³/mol. The third kappa shape index (κ3) is 3.91. The number of aromatic hydroxyl groups is 1. The van der Waals surface area contributed by atoms with E-state index in [-0.39, 0.29) is 17.7 Å². The Hall–Kier alpha value is -3.81. The van der Waals surface area contributed by atoms with Crippen molar-refractivity contribution >= 4 is 29.4 Å². The minimum Gasteiger partial charge on any atom is -0.504 e. The topological polar surface area (TPSA) is 94.5 Å². The zero-order chi connectivity index (χ0) is 22.8. The number of hydrazone groups is 1. The van der Waals surface area contributed by atoms with Crippen LogP contribution < -0.4 is 15.0 Å². The third-order valence-electron chi connectivity index (χ3n) is 5.69. The molecule has 1 saturated heterocycles. The standard InChI is InChI=1S/C24H26N4O4/c1-15-12-17-13-21(32-3)20(29)14-19(17)23(26-28(15)24(31)25-2)16-7-9-18(10-8-16)27-11-5-4-6-22(27)30/h7-10,12-14,29H,4-6,11H2,1-3H3,(H,25,31). The molecule has 0 saturated carbocycles. The molecule has 2 aromatic carbocycles. The molecule has 0 bridgehead atoms. The molecule has 0 radical (unpaired) electrons. The second-order valence-corrected chi connectivity index (χ2v) is 7.76. The fourth-order valence-corrected chi connectivity index (χ4v) is 3.99. The van der Waals surface area contributed by atoms with Gasteiger partial charge in [-0.05, 0) is 55.7 Å². The Kier molecular flexibility index (Phi) is 5.85. The number of methoxy groups -OCH3 is 1. The van der Waals surface area contributed by atoms with Gasteiger partial charge in [-0.2, -0.15) is 10.1 Å². The summed E-state index contributed by atoms with van der Waals surface area (Å²) in [6, 6.07) is 10.5. The summed E-state index contributed by atoms with van der Waals surface area (Å²) >= 11 is 0. The number of fused-ring (bicyclic) bond motifs is 1. The van der Waals surface area contributed by atoms with Gasteiger partial charge >= 0.3 is 6.03 Å². The van der Waals surface area contributed by atoms with Crippen molar-refractivity contribution in [2.24, 2.45) is 5.10 Å². The molecule has 4 rings (SSSR count). The molecule has 0 aliphatic carbocycles. The van der Waals surface area contributed by atoms with Gasteiger partial charge in [-0.3, -0.25) is 4.79 Å². The highest BCUT2D eigenvalue weighted by Gasteiger charge is 2.24. The lowest BCUT2D eigenvalue weighted by atomic mass is 9.96. The summed E-state index contributed by atoms with van der Waals surface area (Å²) in [5.41, 5.74) is 4.15. The number of rotatable bonds is 3. The normalized spacial score (nSPS) is 16.0. The average molecular weight is 434 g/mol. The van der Waals surface area contributed by atoms with Crippen LogP contribution in [0.15, 0.2) is 47.2 Å². The number of phenols is 1. The first-order valence-electron chi connectivity index (χ1n) is 10.5. The molecular weight excluding hydrogens is 408 g/mol. The maximum Gasteiger partial charge on any atom is 0.342 e. The zero-order valence-electron chi connectivity index (χ0n) is 18.4. The van der Waals surface area contributed by atoms with Crippen molar-refractivity contribution < 1.29 is 19.4 Å². The van der Waals surface area contributed by atoms with Crippen LogP contribution in [0.4, 0.5) is 10.5 Å². The van der Waals surface area contributed by atoms with Crippen LogP contribution >= 0.6 is 0 Å². The number of piperidine rings is 1. The van der Waals surface area contributed by atoms with Crippen molar-refractivity contribution in [1.29, 1.82) is 0 Å². The number of carbonyl (C=O) groups is 2. The number of amides is 3. The molecule has 32 heavy (non-hydrogen) atoms. The van der Waals surface area contributed by atoms with Gasteiger partial charge in [0, 0.05) is 42.5 Å². The Labute approximate surface area is 186 Å². The number of anilines is 1. The number of nitrogens with zero attached hydrogens (tertiary/aromatic N) is 3. The van der Waals surface area contributed by atoms with Crippen LogP contribution in [0.5, 0.6) is 11.5 Å². The molecule has 0 spiro atoms. The van der Waals surface area contributed by atoms with Gasteiger partial charge in [0.25, 0.3) is 0 Å². The first-order valence-corrected chi connectivity index (χ1v) is 10.5. The van der Waals surface area contributed by atoms with Crippen molar-refractivity contribution in [1.82, 2.24) is 10.3 Å². The predicted octanol–water partition coefficient (Wildman–Crippen LogP) is 3.69. The van der Waals surface area contributed by atoms with Gasteiger partial charge in [0.2, 0.25) is 5.91 Å². The van der Waals surface area contributed by atoms with Gasteiger partial charge in [0.05, 0.1) is 12.8 Å². The largest absolute Gasteiger partial charge is 0.504 e. The quantitative estimate of drug-likeness (QED) is 0.770. The van der Waals surface area contributed by atoms with E-state index in [0.29, 0.717) is 35.7 Å². The van der Waals surface area contributed by atoms with Crippen molar-refractivity contribution in [3.05, 3.63) is 58.8 Å². The summed E-state index contributed by atoms with van der Waals surface area (Å²) in [6.45, 7) is 2.50. The molecule has 3 amide bonds. The lowest BCUT2D eigenvalue weighted by molar-refractivity contribution is -0.119. The molecule has 2 N–H and O–H groups in total. The number of hydrogen-bond acceptors (Lipinski definition) is 5. The minimum absolute atomic E-state index is 0.0195. The van der Waals surface area contributed by atoms with Crippen LogP contribution in [0.2, 0.25) is 0 Å². The van der Waals surface area contributed by atoms with E-state index in [1.165, 1.54) is 12.1 Å². The Balaban J connectivity index is 1.81. The average Bonchev–Trinajstić information content (AvgIpc) is 2.94. The number of benzene rings is 2. The molecule has 8 heteroatoms. The highest BCUT2D eigenvalue weighted by Crippen LogP contribution is 2.34. The summed E-state index contributed by atoms with van der Waals surface area (Å²) < 4.78 is 5.27. The molecule has 0 atom stereocenters. The summed E-state index contributed by atoms with van der Waals surface area (Å²) in [7, 11) is 3.03. The number of urea groups is 1. The molecule has 2 heterocycles. The Bertz CT molecular complexity index is 1120. The number of phenolic OH excluding ortho intramolecular Hbond substituents is 1. The Morgan fingerprint density at radius 2 is 1.94 bits per heavy atom. The van der Waals surface area contributed by atoms with Crippen LogP contribution in [0.1, 0.15) is 42.9 Å².